The molecule has 0 aliphatic heterocycles. The number of ether oxygens (including phenoxy) is 1. The Labute approximate surface area is 125 Å². The summed E-state index contributed by atoms with van der Waals surface area (Å²) < 4.78 is 19.3. The Morgan fingerprint density at radius 1 is 1.10 bits per heavy atom. The van der Waals surface area contributed by atoms with E-state index >= 15 is 0 Å². The SMILES string of the molecule is COc1cccc(F)c1C(N)c1ccc(CC(C)C)cc1. The monoisotopic (exact) mass is 287 g/mol. The standard InChI is InChI=1S/C18H22FNO/c1-12(2)11-13-7-9-14(10-8-13)18(20)17-15(19)5-4-6-16(17)21-3/h4-10,12,18H,11,20H2,1-3H3. The molecule has 21 heavy (non-hydrogen) atoms. The fourth-order valence-corrected chi connectivity index (χ4v) is 2.50. The van der Waals surface area contributed by atoms with Gasteiger partial charge in [-0.3, -0.25) is 0 Å². The van der Waals surface area contributed by atoms with E-state index in [1.807, 2.05) is 12.1 Å². The molecule has 2 aromatic carbocycles. The molecular formula is C18H22FNO. The van der Waals surface area contributed by atoms with Crippen LogP contribution in [0.5, 0.6) is 5.75 Å². The number of benzene rings is 2. The van der Waals surface area contributed by atoms with Crippen molar-refractivity contribution in [3.05, 3.63) is 65.0 Å². The third kappa shape index (κ3) is 3.61. The van der Waals surface area contributed by atoms with Gasteiger partial charge in [-0.2, -0.15) is 0 Å². The second-order valence-corrected chi connectivity index (χ2v) is 5.67. The first-order valence-corrected chi connectivity index (χ1v) is 7.19. The molecule has 0 bridgehead atoms. The van der Waals surface area contributed by atoms with Gasteiger partial charge in [-0.25, -0.2) is 4.39 Å². The first-order chi connectivity index (χ1) is 10.0. The van der Waals surface area contributed by atoms with E-state index in [9.17, 15) is 4.39 Å². The molecule has 0 heterocycles. The number of methoxy groups -OCH3 is 1. The minimum absolute atomic E-state index is 0.340. The molecule has 0 saturated heterocycles. The van der Waals surface area contributed by atoms with E-state index in [2.05, 4.69) is 26.0 Å². The summed E-state index contributed by atoms with van der Waals surface area (Å²) in [6, 6.07) is 12.3. The molecule has 0 aromatic heterocycles. The summed E-state index contributed by atoms with van der Waals surface area (Å²) in [6.45, 7) is 4.37. The van der Waals surface area contributed by atoms with Gasteiger partial charge in [0.25, 0.3) is 0 Å². The number of halogens is 1. The van der Waals surface area contributed by atoms with Crippen LogP contribution in [0.4, 0.5) is 4.39 Å². The van der Waals surface area contributed by atoms with Crippen LogP contribution in [0.15, 0.2) is 42.5 Å². The van der Waals surface area contributed by atoms with Crippen molar-refractivity contribution in [3.63, 3.8) is 0 Å². The van der Waals surface area contributed by atoms with Crippen LogP contribution in [0.2, 0.25) is 0 Å². The van der Waals surface area contributed by atoms with E-state index < -0.39 is 6.04 Å². The van der Waals surface area contributed by atoms with Gasteiger partial charge in [0, 0.05) is 0 Å². The van der Waals surface area contributed by atoms with Crippen LogP contribution < -0.4 is 10.5 Å². The van der Waals surface area contributed by atoms with Crippen LogP contribution >= 0.6 is 0 Å². The highest BCUT2D eigenvalue weighted by molar-refractivity contribution is 5.42. The molecule has 2 rings (SSSR count). The van der Waals surface area contributed by atoms with Crippen molar-refractivity contribution in [3.8, 4) is 5.75 Å². The molecule has 0 aliphatic rings. The topological polar surface area (TPSA) is 35.2 Å². The average molecular weight is 287 g/mol. The van der Waals surface area contributed by atoms with Gasteiger partial charge in [-0.05, 0) is 35.6 Å². The predicted molar refractivity (Wildman–Crippen MR) is 84.0 cm³/mol. The van der Waals surface area contributed by atoms with Crippen LogP contribution in [0.1, 0.15) is 36.6 Å². The lowest BCUT2D eigenvalue weighted by atomic mass is 9.95. The number of rotatable bonds is 5. The summed E-state index contributed by atoms with van der Waals surface area (Å²) in [4.78, 5) is 0. The van der Waals surface area contributed by atoms with Crippen LogP contribution in [-0.2, 0) is 6.42 Å². The first kappa shape index (κ1) is 15.5. The fourth-order valence-electron chi connectivity index (χ4n) is 2.50. The molecule has 112 valence electrons. The van der Waals surface area contributed by atoms with Gasteiger partial charge in [-0.1, -0.05) is 44.2 Å². The zero-order chi connectivity index (χ0) is 15.4. The lowest BCUT2D eigenvalue weighted by Crippen LogP contribution is -2.15. The molecule has 0 spiro atoms. The Kier molecular flexibility index (Phi) is 4.97. The van der Waals surface area contributed by atoms with Crippen molar-refractivity contribution in [1.29, 1.82) is 0 Å². The highest BCUT2D eigenvalue weighted by Gasteiger charge is 2.18. The van der Waals surface area contributed by atoms with Gasteiger partial charge < -0.3 is 10.5 Å². The number of hydrogen-bond donors (Lipinski definition) is 1. The van der Waals surface area contributed by atoms with Gasteiger partial charge in [0.15, 0.2) is 0 Å². The second kappa shape index (κ2) is 6.72. The summed E-state index contributed by atoms with van der Waals surface area (Å²) in [5, 5.41) is 0. The normalized spacial score (nSPS) is 12.5. The minimum atomic E-state index is -0.533. The molecule has 2 nitrogen and oxygen atoms in total. The Morgan fingerprint density at radius 2 is 1.76 bits per heavy atom. The number of nitrogens with two attached hydrogens (primary N) is 1. The quantitative estimate of drug-likeness (QED) is 0.899. The molecule has 1 atom stereocenters. The van der Waals surface area contributed by atoms with Crippen molar-refractivity contribution >= 4 is 0 Å². The Hall–Kier alpha value is -1.87. The van der Waals surface area contributed by atoms with Gasteiger partial charge in [-0.15, -0.1) is 0 Å². The molecule has 2 aromatic rings. The Balaban J connectivity index is 2.30. The highest BCUT2D eigenvalue weighted by Crippen LogP contribution is 2.30. The summed E-state index contributed by atoms with van der Waals surface area (Å²) in [6.07, 6.45) is 1.03. The maximum atomic E-state index is 14.1. The third-order valence-electron chi connectivity index (χ3n) is 3.53. The van der Waals surface area contributed by atoms with Crippen LogP contribution in [0.25, 0.3) is 0 Å². The van der Waals surface area contributed by atoms with E-state index in [0.29, 0.717) is 17.2 Å². The maximum Gasteiger partial charge on any atom is 0.132 e. The van der Waals surface area contributed by atoms with Gasteiger partial charge >= 0.3 is 0 Å². The molecule has 0 amide bonds. The molecule has 2 N–H and O–H groups in total. The van der Waals surface area contributed by atoms with Crippen molar-refractivity contribution in [2.75, 3.05) is 7.11 Å². The van der Waals surface area contributed by atoms with Crippen molar-refractivity contribution in [2.45, 2.75) is 26.3 Å². The van der Waals surface area contributed by atoms with Crippen LogP contribution in [-0.4, -0.2) is 7.11 Å². The molecule has 0 aliphatic carbocycles. The Bertz CT molecular complexity index is 593. The van der Waals surface area contributed by atoms with Crippen molar-refractivity contribution < 1.29 is 9.13 Å². The summed E-state index contributed by atoms with van der Waals surface area (Å²) in [5.74, 6) is 0.748. The zero-order valence-corrected chi connectivity index (χ0v) is 12.8. The van der Waals surface area contributed by atoms with Gasteiger partial charge in [0.1, 0.15) is 11.6 Å². The van der Waals surface area contributed by atoms with Gasteiger partial charge in [0.05, 0.1) is 18.7 Å². The molecule has 0 saturated carbocycles. The lowest BCUT2D eigenvalue weighted by molar-refractivity contribution is 0.402. The summed E-state index contributed by atoms with van der Waals surface area (Å²) in [7, 11) is 1.52. The smallest absolute Gasteiger partial charge is 0.132 e. The summed E-state index contributed by atoms with van der Waals surface area (Å²) >= 11 is 0. The first-order valence-electron chi connectivity index (χ1n) is 7.19. The number of hydrogen-bond acceptors (Lipinski definition) is 2. The molecular weight excluding hydrogens is 265 g/mol. The largest absolute Gasteiger partial charge is 0.496 e. The van der Waals surface area contributed by atoms with Gasteiger partial charge in [0.2, 0.25) is 0 Å². The van der Waals surface area contributed by atoms with E-state index in [-0.39, 0.29) is 5.82 Å². The lowest BCUT2D eigenvalue weighted by Gasteiger charge is -2.17. The molecule has 1 unspecified atom stereocenters. The zero-order valence-electron chi connectivity index (χ0n) is 12.8. The maximum absolute atomic E-state index is 14.1. The van der Waals surface area contributed by atoms with E-state index in [1.54, 1.807) is 12.1 Å². The summed E-state index contributed by atoms with van der Waals surface area (Å²) in [5.41, 5.74) is 8.77. The Morgan fingerprint density at radius 3 is 2.33 bits per heavy atom. The highest BCUT2D eigenvalue weighted by atomic mass is 19.1. The predicted octanol–water partition coefficient (Wildman–Crippen LogP) is 4.08. The minimum Gasteiger partial charge on any atom is -0.496 e. The molecule has 0 radical (unpaired) electrons. The van der Waals surface area contributed by atoms with E-state index in [1.165, 1.54) is 18.7 Å². The average Bonchev–Trinajstić information content (AvgIpc) is 2.46. The molecule has 0 fully saturated rings. The fraction of sp³-hybridized carbons (Fsp3) is 0.333. The van der Waals surface area contributed by atoms with E-state index in [0.717, 1.165) is 12.0 Å². The second-order valence-electron chi connectivity index (χ2n) is 5.67. The van der Waals surface area contributed by atoms with E-state index in [4.69, 9.17) is 10.5 Å². The van der Waals surface area contributed by atoms with Crippen LogP contribution in [0, 0.1) is 11.7 Å². The van der Waals surface area contributed by atoms with Crippen LogP contribution in [0.3, 0.4) is 0 Å². The van der Waals surface area contributed by atoms with Crippen molar-refractivity contribution in [1.82, 2.24) is 0 Å². The van der Waals surface area contributed by atoms with Crippen molar-refractivity contribution in [2.24, 2.45) is 11.7 Å². The molecule has 3 heteroatoms. The third-order valence-corrected chi connectivity index (χ3v) is 3.53.